The second-order valence-corrected chi connectivity index (χ2v) is 5.64. The molecule has 9 heteroatoms. The molecule has 0 fully saturated rings. The molecular weight excluding hydrogens is 364 g/mol. The SMILES string of the molecule is COc1ccc(Cl)cc1Nc1ncnc(Nc2cc(F)ccc2F)c1N. The molecular formula is C17H14ClF2N5O. The number of benzene rings is 2. The number of hydrogen-bond donors (Lipinski definition) is 3. The van der Waals surface area contributed by atoms with Crippen LogP contribution in [0, 0.1) is 11.6 Å². The number of rotatable bonds is 5. The third kappa shape index (κ3) is 3.75. The molecule has 0 unspecified atom stereocenters. The van der Waals surface area contributed by atoms with Crippen LogP contribution in [0.15, 0.2) is 42.7 Å². The number of halogens is 3. The van der Waals surface area contributed by atoms with Gasteiger partial charge in [-0.15, -0.1) is 0 Å². The number of nitrogens with zero attached hydrogens (tertiary/aromatic N) is 2. The first kappa shape index (κ1) is 17.7. The molecule has 1 heterocycles. The number of nitrogens with two attached hydrogens (primary N) is 1. The van der Waals surface area contributed by atoms with Crippen LogP contribution in [0.25, 0.3) is 0 Å². The van der Waals surface area contributed by atoms with Gasteiger partial charge < -0.3 is 21.1 Å². The maximum absolute atomic E-state index is 13.8. The zero-order chi connectivity index (χ0) is 18.7. The van der Waals surface area contributed by atoms with Gasteiger partial charge in [0.05, 0.1) is 18.5 Å². The molecule has 0 radical (unpaired) electrons. The Morgan fingerprint density at radius 1 is 1.00 bits per heavy atom. The minimum Gasteiger partial charge on any atom is -0.495 e. The van der Waals surface area contributed by atoms with Crippen molar-refractivity contribution in [2.75, 3.05) is 23.5 Å². The fraction of sp³-hybridized carbons (Fsp3) is 0.0588. The average Bonchev–Trinajstić information content (AvgIpc) is 2.62. The Hall–Kier alpha value is -3.13. The Kier molecular flexibility index (Phi) is 5.04. The molecule has 0 atom stereocenters. The zero-order valence-electron chi connectivity index (χ0n) is 13.6. The molecule has 0 bridgehead atoms. The number of aromatic nitrogens is 2. The fourth-order valence-corrected chi connectivity index (χ4v) is 2.39. The standard InChI is InChI=1S/C17H14ClF2N5O/c1-26-14-5-2-9(18)6-13(14)25-17-15(21)16(22-8-23-17)24-12-7-10(19)3-4-11(12)20/h2-8H,21H2,1H3,(H2,22,23,24,25). The van der Waals surface area contributed by atoms with E-state index in [2.05, 4.69) is 20.6 Å². The lowest BCUT2D eigenvalue weighted by Crippen LogP contribution is -2.06. The second kappa shape index (κ2) is 7.40. The summed E-state index contributed by atoms with van der Waals surface area (Å²) in [5.41, 5.74) is 6.61. The van der Waals surface area contributed by atoms with Gasteiger partial charge in [-0.2, -0.15) is 0 Å². The van der Waals surface area contributed by atoms with Gasteiger partial charge in [-0.05, 0) is 30.3 Å². The van der Waals surface area contributed by atoms with Crippen LogP contribution in [0.1, 0.15) is 0 Å². The van der Waals surface area contributed by atoms with E-state index in [1.807, 2.05) is 0 Å². The lowest BCUT2D eigenvalue weighted by atomic mass is 10.2. The van der Waals surface area contributed by atoms with E-state index in [1.54, 1.807) is 18.2 Å². The molecule has 0 aliphatic heterocycles. The number of anilines is 5. The molecule has 0 aliphatic rings. The summed E-state index contributed by atoms with van der Waals surface area (Å²) in [7, 11) is 1.51. The highest BCUT2D eigenvalue weighted by Gasteiger charge is 2.13. The van der Waals surface area contributed by atoms with Crippen LogP contribution >= 0.6 is 11.6 Å². The smallest absolute Gasteiger partial charge is 0.159 e. The van der Waals surface area contributed by atoms with Crippen molar-refractivity contribution in [3.05, 3.63) is 59.4 Å². The molecule has 0 spiro atoms. The Morgan fingerprint density at radius 3 is 2.38 bits per heavy atom. The van der Waals surface area contributed by atoms with Crippen LogP contribution in [-0.2, 0) is 0 Å². The van der Waals surface area contributed by atoms with E-state index in [4.69, 9.17) is 22.1 Å². The van der Waals surface area contributed by atoms with Crippen molar-refractivity contribution in [2.45, 2.75) is 0 Å². The zero-order valence-corrected chi connectivity index (χ0v) is 14.3. The third-order valence-corrected chi connectivity index (χ3v) is 3.72. The van der Waals surface area contributed by atoms with E-state index in [0.29, 0.717) is 16.5 Å². The lowest BCUT2D eigenvalue weighted by Gasteiger charge is -2.15. The average molecular weight is 378 g/mol. The molecule has 3 rings (SSSR count). The van der Waals surface area contributed by atoms with E-state index in [9.17, 15) is 8.78 Å². The summed E-state index contributed by atoms with van der Waals surface area (Å²) in [4.78, 5) is 8.04. The van der Waals surface area contributed by atoms with Crippen LogP contribution in [0.5, 0.6) is 5.75 Å². The number of ether oxygens (including phenoxy) is 1. The first-order chi connectivity index (χ1) is 12.5. The first-order valence-electron chi connectivity index (χ1n) is 7.41. The number of hydrogen-bond acceptors (Lipinski definition) is 6. The van der Waals surface area contributed by atoms with Crippen molar-refractivity contribution < 1.29 is 13.5 Å². The molecule has 0 aliphatic carbocycles. The van der Waals surface area contributed by atoms with E-state index in [0.717, 1.165) is 18.2 Å². The summed E-state index contributed by atoms with van der Waals surface area (Å²) in [5, 5.41) is 6.14. The highest BCUT2D eigenvalue weighted by atomic mass is 35.5. The van der Waals surface area contributed by atoms with Crippen LogP contribution in [-0.4, -0.2) is 17.1 Å². The summed E-state index contributed by atoms with van der Waals surface area (Å²) in [6.45, 7) is 0. The van der Waals surface area contributed by atoms with Crippen LogP contribution in [0.4, 0.5) is 37.5 Å². The van der Waals surface area contributed by atoms with Gasteiger partial charge >= 0.3 is 0 Å². The minimum absolute atomic E-state index is 0.0957. The van der Waals surface area contributed by atoms with Gasteiger partial charge in [0.2, 0.25) is 0 Å². The number of nitrogen functional groups attached to an aromatic ring is 1. The molecule has 6 nitrogen and oxygen atoms in total. The van der Waals surface area contributed by atoms with Gasteiger partial charge in [0.25, 0.3) is 0 Å². The van der Waals surface area contributed by atoms with Crippen molar-refractivity contribution in [3.8, 4) is 5.75 Å². The molecule has 1 aromatic heterocycles. The minimum atomic E-state index is -0.643. The number of nitrogens with one attached hydrogen (secondary N) is 2. The van der Waals surface area contributed by atoms with Gasteiger partial charge in [0.1, 0.15) is 29.4 Å². The largest absolute Gasteiger partial charge is 0.495 e. The predicted octanol–water partition coefficient (Wildman–Crippen LogP) is 4.49. The maximum atomic E-state index is 13.8. The van der Waals surface area contributed by atoms with E-state index in [-0.39, 0.29) is 23.0 Å². The Labute approximate surface area is 153 Å². The van der Waals surface area contributed by atoms with Gasteiger partial charge in [-0.25, -0.2) is 18.7 Å². The van der Waals surface area contributed by atoms with Crippen molar-refractivity contribution in [2.24, 2.45) is 0 Å². The van der Waals surface area contributed by atoms with E-state index in [1.165, 1.54) is 13.4 Å². The molecule has 3 aromatic rings. The summed E-state index contributed by atoms with van der Waals surface area (Å²) < 4.78 is 32.4. The van der Waals surface area contributed by atoms with Gasteiger partial charge in [-0.1, -0.05) is 11.6 Å². The van der Waals surface area contributed by atoms with Crippen LogP contribution in [0.3, 0.4) is 0 Å². The van der Waals surface area contributed by atoms with Gasteiger partial charge in [-0.3, -0.25) is 0 Å². The first-order valence-corrected chi connectivity index (χ1v) is 7.79. The van der Waals surface area contributed by atoms with Gasteiger partial charge in [0.15, 0.2) is 11.6 Å². The summed E-state index contributed by atoms with van der Waals surface area (Å²) in [6, 6.07) is 8.02. The predicted molar refractivity (Wildman–Crippen MR) is 97.4 cm³/mol. The molecule has 0 amide bonds. The molecule has 134 valence electrons. The molecule has 26 heavy (non-hydrogen) atoms. The highest BCUT2D eigenvalue weighted by molar-refractivity contribution is 6.31. The van der Waals surface area contributed by atoms with Crippen molar-refractivity contribution in [1.29, 1.82) is 0 Å². The Bertz CT molecular complexity index is 954. The van der Waals surface area contributed by atoms with E-state index >= 15 is 0 Å². The molecule has 2 aromatic carbocycles. The molecule has 0 saturated heterocycles. The number of methoxy groups -OCH3 is 1. The van der Waals surface area contributed by atoms with E-state index < -0.39 is 11.6 Å². The maximum Gasteiger partial charge on any atom is 0.159 e. The Morgan fingerprint density at radius 2 is 1.69 bits per heavy atom. The van der Waals surface area contributed by atoms with Crippen molar-refractivity contribution in [1.82, 2.24) is 9.97 Å². The van der Waals surface area contributed by atoms with Crippen molar-refractivity contribution in [3.63, 3.8) is 0 Å². The second-order valence-electron chi connectivity index (χ2n) is 5.20. The van der Waals surface area contributed by atoms with Crippen LogP contribution in [0.2, 0.25) is 5.02 Å². The van der Waals surface area contributed by atoms with Crippen LogP contribution < -0.4 is 21.1 Å². The topological polar surface area (TPSA) is 85.1 Å². The normalized spacial score (nSPS) is 10.5. The summed E-state index contributed by atoms with van der Waals surface area (Å²) in [6.07, 6.45) is 1.23. The quantitative estimate of drug-likeness (QED) is 0.607. The summed E-state index contributed by atoms with van der Waals surface area (Å²) in [5.74, 6) is -0.343. The Balaban J connectivity index is 1.93. The molecule has 4 N–H and O–H groups in total. The van der Waals surface area contributed by atoms with Gasteiger partial charge in [0, 0.05) is 11.1 Å². The third-order valence-electron chi connectivity index (χ3n) is 3.48. The summed E-state index contributed by atoms with van der Waals surface area (Å²) >= 11 is 6.00. The molecule has 0 saturated carbocycles. The fourth-order valence-electron chi connectivity index (χ4n) is 2.22. The lowest BCUT2D eigenvalue weighted by molar-refractivity contribution is 0.417. The highest BCUT2D eigenvalue weighted by Crippen LogP contribution is 2.34. The monoisotopic (exact) mass is 377 g/mol. The van der Waals surface area contributed by atoms with Crippen molar-refractivity contribution >= 4 is 40.3 Å².